The molecule has 2 aromatic carbocycles. The summed E-state index contributed by atoms with van der Waals surface area (Å²) < 4.78 is 0. The van der Waals surface area contributed by atoms with E-state index in [1.165, 1.54) is 17.4 Å². The van der Waals surface area contributed by atoms with E-state index in [0.717, 1.165) is 61.2 Å². The molecule has 0 saturated heterocycles. The number of phenols is 1. The van der Waals surface area contributed by atoms with E-state index in [1.54, 1.807) is 24.3 Å². The number of halogens is 2. The van der Waals surface area contributed by atoms with Crippen molar-refractivity contribution < 1.29 is 14.7 Å². The topological polar surface area (TPSA) is 94.6 Å². The van der Waals surface area contributed by atoms with Crippen LogP contribution in [0.4, 0.5) is 0 Å². The van der Waals surface area contributed by atoms with Crippen molar-refractivity contribution in [3.8, 4) is 5.75 Å². The second-order valence-corrected chi connectivity index (χ2v) is 10.7. The summed E-state index contributed by atoms with van der Waals surface area (Å²) in [4.78, 5) is 34.0. The van der Waals surface area contributed by atoms with Crippen LogP contribution in [0.15, 0.2) is 30.3 Å². The van der Waals surface area contributed by atoms with Gasteiger partial charge in [0.25, 0.3) is 11.8 Å². The van der Waals surface area contributed by atoms with E-state index in [1.807, 2.05) is 0 Å². The number of rotatable bonds is 4. The summed E-state index contributed by atoms with van der Waals surface area (Å²) >= 11 is 7.49. The van der Waals surface area contributed by atoms with E-state index in [9.17, 15) is 14.7 Å². The SMILES string of the molecule is CN1CCc2nc(C(=O)N[C@@H]3CCCC[C@@H]3NC(=O)c3cc(O)c4cc(Cl)ccc4c3)sc2C1.Cl. The molecule has 2 amide bonds. The molecule has 0 spiro atoms. The maximum absolute atomic E-state index is 13.1. The van der Waals surface area contributed by atoms with Gasteiger partial charge in [0.05, 0.1) is 5.69 Å². The van der Waals surface area contributed by atoms with E-state index in [-0.39, 0.29) is 42.1 Å². The van der Waals surface area contributed by atoms with Crippen LogP contribution in [0.1, 0.15) is 56.4 Å². The summed E-state index contributed by atoms with van der Waals surface area (Å²) in [5, 5.41) is 19.0. The molecule has 1 saturated carbocycles. The largest absolute Gasteiger partial charge is 0.507 e. The van der Waals surface area contributed by atoms with E-state index >= 15 is 0 Å². The van der Waals surface area contributed by atoms with E-state index < -0.39 is 0 Å². The summed E-state index contributed by atoms with van der Waals surface area (Å²) in [6.07, 6.45) is 4.42. The van der Waals surface area contributed by atoms with Gasteiger partial charge in [-0.3, -0.25) is 9.59 Å². The maximum Gasteiger partial charge on any atom is 0.280 e. The van der Waals surface area contributed by atoms with Gasteiger partial charge in [-0.2, -0.15) is 0 Å². The van der Waals surface area contributed by atoms with Crippen LogP contribution in [0.3, 0.4) is 0 Å². The molecular formula is C25H28Cl2N4O3S. The Morgan fingerprint density at radius 2 is 1.83 bits per heavy atom. The van der Waals surface area contributed by atoms with E-state index in [0.29, 0.717) is 21.0 Å². The van der Waals surface area contributed by atoms with Crippen LogP contribution >= 0.6 is 35.3 Å². The number of hydrogen-bond donors (Lipinski definition) is 3. The maximum atomic E-state index is 13.1. The summed E-state index contributed by atoms with van der Waals surface area (Å²) in [6.45, 7) is 1.78. The van der Waals surface area contributed by atoms with Crippen LogP contribution in [0.5, 0.6) is 5.75 Å². The summed E-state index contributed by atoms with van der Waals surface area (Å²) in [6, 6.07) is 8.04. The highest BCUT2D eigenvalue weighted by Gasteiger charge is 2.30. The standard InChI is InChI=1S/C25H27ClN4O3S.ClH/c1-30-9-8-20-22(13-30)34-25(29-20)24(33)28-19-5-3-2-4-18(19)27-23(32)15-10-14-6-7-16(26)12-17(14)21(31)11-15;/h6-7,10-12,18-19,31H,2-5,8-9,13H2,1H3,(H,27,32)(H,28,33);1H/t18-,19+;/m0./s1. The van der Waals surface area contributed by atoms with Crippen molar-refractivity contribution in [2.45, 2.75) is 50.7 Å². The average molecular weight is 535 g/mol. The van der Waals surface area contributed by atoms with E-state index in [4.69, 9.17) is 11.6 Å². The molecule has 7 nitrogen and oxygen atoms in total. The molecule has 2 atom stereocenters. The Morgan fingerprint density at radius 1 is 1.11 bits per heavy atom. The number of nitrogens with zero attached hydrogens (tertiary/aromatic N) is 2. The number of amides is 2. The molecule has 186 valence electrons. The Labute approximate surface area is 219 Å². The van der Waals surface area contributed by atoms with Crippen molar-refractivity contribution in [2.24, 2.45) is 0 Å². The number of phenolic OH excluding ortho intramolecular Hbond substituents is 1. The molecule has 0 bridgehead atoms. The predicted molar refractivity (Wildman–Crippen MR) is 141 cm³/mol. The Bertz CT molecular complexity index is 1260. The molecule has 1 fully saturated rings. The van der Waals surface area contributed by atoms with E-state index in [2.05, 4.69) is 27.6 Å². The first kappa shape index (κ1) is 25.7. The highest BCUT2D eigenvalue weighted by Crippen LogP contribution is 2.30. The average Bonchev–Trinajstić information content (AvgIpc) is 3.24. The van der Waals surface area contributed by atoms with Crippen LogP contribution in [0.2, 0.25) is 5.02 Å². The van der Waals surface area contributed by atoms with Gasteiger partial charge in [-0.05, 0) is 49.5 Å². The number of nitrogens with one attached hydrogen (secondary N) is 2. The van der Waals surface area contributed by atoms with Crippen molar-refractivity contribution >= 4 is 57.9 Å². The number of carbonyl (C=O) groups excluding carboxylic acids is 2. The number of hydrogen-bond acceptors (Lipinski definition) is 6. The zero-order valence-electron chi connectivity index (χ0n) is 19.3. The second kappa shape index (κ2) is 10.7. The first-order valence-corrected chi connectivity index (χ1v) is 12.8. The fourth-order valence-electron chi connectivity index (χ4n) is 4.82. The first-order chi connectivity index (χ1) is 16.4. The third-order valence-electron chi connectivity index (χ3n) is 6.67. The van der Waals surface area contributed by atoms with Crippen molar-refractivity contribution in [1.29, 1.82) is 0 Å². The van der Waals surface area contributed by atoms with Crippen LogP contribution in [0.25, 0.3) is 10.8 Å². The molecule has 10 heteroatoms. The number of thiazole rings is 1. The Balaban J connectivity index is 0.00000289. The Kier molecular flexibility index (Phi) is 7.86. The zero-order chi connectivity index (χ0) is 23.8. The van der Waals surface area contributed by atoms with Gasteiger partial charge in [0.2, 0.25) is 0 Å². The predicted octanol–water partition coefficient (Wildman–Crippen LogP) is 4.54. The van der Waals surface area contributed by atoms with Crippen LogP contribution in [-0.4, -0.2) is 52.5 Å². The van der Waals surface area contributed by atoms with Gasteiger partial charge in [0.15, 0.2) is 5.01 Å². The highest BCUT2D eigenvalue weighted by molar-refractivity contribution is 7.13. The molecule has 0 unspecified atom stereocenters. The Morgan fingerprint density at radius 3 is 2.57 bits per heavy atom. The van der Waals surface area contributed by atoms with Crippen LogP contribution in [-0.2, 0) is 13.0 Å². The molecule has 5 rings (SSSR count). The van der Waals surface area contributed by atoms with Crippen molar-refractivity contribution in [1.82, 2.24) is 20.5 Å². The molecule has 1 aliphatic heterocycles. The molecule has 2 heterocycles. The van der Waals surface area contributed by atoms with Gasteiger partial charge in [-0.25, -0.2) is 4.98 Å². The molecule has 35 heavy (non-hydrogen) atoms. The molecule has 3 N–H and O–H groups in total. The highest BCUT2D eigenvalue weighted by atomic mass is 35.5. The summed E-state index contributed by atoms with van der Waals surface area (Å²) in [7, 11) is 2.07. The van der Waals surface area contributed by atoms with Gasteiger partial charge < -0.3 is 20.6 Å². The monoisotopic (exact) mass is 534 g/mol. The lowest BCUT2D eigenvalue weighted by molar-refractivity contribution is 0.0862. The third-order valence-corrected chi connectivity index (χ3v) is 7.99. The number of aromatic hydroxyl groups is 1. The van der Waals surface area contributed by atoms with Gasteiger partial charge >= 0.3 is 0 Å². The summed E-state index contributed by atoms with van der Waals surface area (Å²) in [5.74, 6) is -0.434. The molecular weight excluding hydrogens is 507 g/mol. The minimum atomic E-state index is -0.272. The number of carbonyl (C=O) groups is 2. The molecule has 0 radical (unpaired) electrons. The number of benzene rings is 2. The van der Waals surface area contributed by atoms with Gasteiger partial charge in [-0.1, -0.05) is 30.5 Å². The van der Waals surface area contributed by atoms with Crippen LogP contribution in [0, 0.1) is 0 Å². The van der Waals surface area contributed by atoms with Gasteiger partial charge in [0.1, 0.15) is 5.75 Å². The lowest BCUT2D eigenvalue weighted by atomic mass is 9.90. The normalized spacial score (nSPS) is 20.1. The molecule has 3 aromatic rings. The van der Waals surface area contributed by atoms with Gasteiger partial charge in [0, 0.05) is 52.4 Å². The minimum Gasteiger partial charge on any atom is -0.507 e. The van der Waals surface area contributed by atoms with Crippen molar-refractivity contribution in [2.75, 3.05) is 13.6 Å². The lowest BCUT2D eigenvalue weighted by Crippen LogP contribution is -2.53. The third kappa shape index (κ3) is 5.56. The lowest BCUT2D eigenvalue weighted by Gasteiger charge is -2.32. The quantitative estimate of drug-likeness (QED) is 0.456. The van der Waals surface area contributed by atoms with Gasteiger partial charge in [-0.15, -0.1) is 23.7 Å². The van der Waals surface area contributed by atoms with Crippen LogP contribution < -0.4 is 10.6 Å². The number of fused-ring (bicyclic) bond motifs is 2. The first-order valence-electron chi connectivity index (χ1n) is 11.6. The fraction of sp³-hybridized carbons (Fsp3) is 0.400. The Hall–Kier alpha value is -2.39. The molecule has 1 aliphatic carbocycles. The van der Waals surface area contributed by atoms with Crippen molar-refractivity contribution in [3.05, 3.63) is 56.5 Å². The number of likely N-dealkylation sites (N-methyl/N-ethyl adjacent to an activating group) is 1. The fourth-order valence-corrected chi connectivity index (χ4v) is 6.08. The second-order valence-electron chi connectivity index (χ2n) is 9.18. The zero-order valence-corrected chi connectivity index (χ0v) is 21.7. The number of aromatic nitrogens is 1. The molecule has 1 aromatic heterocycles. The van der Waals surface area contributed by atoms with Crippen molar-refractivity contribution in [3.63, 3.8) is 0 Å². The smallest absolute Gasteiger partial charge is 0.280 e. The minimum absolute atomic E-state index is 0. The summed E-state index contributed by atoms with van der Waals surface area (Å²) in [5.41, 5.74) is 1.40. The molecule has 2 aliphatic rings.